The topological polar surface area (TPSA) is 58.6 Å². The van der Waals surface area contributed by atoms with Crippen LogP contribution in [-0.2, 0) is 9.59 Å². The first kappa shape index (κ1) is 26.3. The van der Waals surface area contributed by atoms with Crippen LogP contribution in [0.5, 0.6) is 5.75 Å². The number of fused-ring (bicyclic) bond motifs is 1. The van der Waals surface area contributed by atoms with Crippen LogP contribution in [0.15, 0.2) is 120 Å². The summed E-state index contributed by atoms with van der Waals surface area (Å²) in [5.41, 5.74) is 5.26. The summed E-state index contributed by atoms with van der Waals surface area (Å²) in [6.07, 6.45) is 4.18. The van der Waals surface area contributed by atoms with Crippen molar-refractivity contribution in [3.63, 3.8) is 0 Å². The van der Waals surface area contributed by atoms with E-state index < -0.39 is 6.04 Å². The van der Waals surface area contributed by atoms with Crippen molar-refractivity contribution in [2.45, 2.75) is 24.8 Å². The fourth-order valence-corrected chi connectivity index (χ4v) is 5.72. The smallest absolute Gasteiger partial charge is 0.251 e. The summed E-state index contributed by atoms with van der Waals surface area (Å²) < 4.78 is 19.4. The molecule has 1 heterocycles. The Morgan fingerprint density at radius 1 is 0.878 bits per heavy atom. The Labute approximate surface area is 238 Å². The van der Waals surface area contributed by atoms with Crippen LogP contribution in [0.1, 0.15) is 41.5 Å². The van der Waals surface area contributed by atoms with Gasteiger partial charge in [0.2, 0.25) is 0 Å². The minimum absolute atomic E-state index is 0.0408. The highest BCUT2D eigenvalue weighted by Gasteiger charge is 2.41. The van der Waals surface area contributed by atoms with Crippen LogP contribution in [-0.4, -0.2) is 18.8 Å². The van der Waals surface area contributed by atoms with Gasteiger partial charge in [0.05, 0.1) is 24.5 Å². The highest BCUT2D eigenvalue weighted by atomic mass is 19.1. The first-order valence-electron chi connectivity index (χ1n) is 13.6. The maximum absolute atomic E-state index is 14.1. The van der Waals surface area contributed by atoms with Gasteiger partial charge in [-0.05, 0) is 71.5 Å². The molecule has 1 aliphatic heterocycles. The molecule has 2 aliphatic rings. The number of ketones is 1. The van der Waals surface area contributed by atoms with E-state index in [1.807, 2.05) is 78.9 Å². The van der Waals surface area contributed by atoms with Crippen LogP contribution in [0.3, 0.4) is 0 Å². The molecule has 0 bridgehead atoms. The Balaban J connectivity index is 1.48. The average Bonchev–Trinajstić information content (AvgIpc) is 3.15. The van der Waals surface area contributed by atoms with Gasteiger partial charge >= 0.3 is 0 Å². The average molecular weight is 545 g/mol. The Morgan fingerprint density at radius 3 is 2.29 bits per heavy atom. The monoisotopic (exact) mass is 544 g/mol. The number of allylic oxidation sites excluding steroid dienone is 1. The van der Waals surface area contributed by atoms with E-state index in [0.717, 1.165) is 28.3 Å². The zero-order valence-corrected chi connectivity index (χ0v) is 22.6. The SMILES string of the molecule is COc1ccc([C@@H]2CC(=O)C3=C(C2)Nc2ccccc2N(C(=O)/C=C/c2ccccc2)[C@H]3c2ccc(F)cc2)cc1. The molecule has 0 spiro atoms. The molecule has 0 saturated heterocycles. The molecule has 6 rings (SSSR count). The van der Waals surface area contributed by atoms with Crippen molar-refractivity contribution in [2.75, 3.05) is 17.3 Å². The molecule has 0 radical (unpaired) electrons. The van der Waals surface area contributed by atoms with Crippen molar-refractivity contribution in [3.8, 4) is 5.75 Å². The largest absolute Gasteiger partial charge is 0.497 e. The number of hydrogen-bond acceptors (Lipinski definition) is 4. The summed E-state index contributed by atoms with van der Waals surface area (Å²) in [6.45, 7) is 0. The van der Waals surface area contributed by atoms with Gasteiger partial charge in [0, 0.05) is 23.8 Å². The number of halogens is 1. The molecule has 204 valence electrons. The van der Waals surface area contributed by atoms with E-state index in [9.17, 15) is 14.0 Å². The molecule has 5 nitrogen and oxygen atoms in total. The number of methoxy groups -OCH3 is 1. The highest BCUT2D eigenvalue weighted by Crippen LogP contribution is 2.47. The zero-order chi connectivity index (χ0) is 28.3. The van der Waals surface area contributed by atoms with Crippen LogP contribution in [0, 0.1) is 5.82 Å². The molecule has 1 N–H and O–H groups in total. The lowest BCUT2D eigenvalue weighted by molar-refractivity contribution is -0.116. The first-order chi connectivity index (χ1) is 20.0. The molecular formula is C35H29FN2O3. The molecule has 0 saturated carbocycles. The lowest BCUT2D eigenvalue weighted by atomic mass is 9.78. The fraction of sp³-hybridized carbons (Fsp3) is 0.143. The van der Waals surface area contributed by atoms with Gasteiger partial charge in [-0.2, -0.15) is 0 Å². The number of para-hydroxylation sites is 2. The third kappa shape index (κ3) is 5.29. The second-order valence-electron chi connectivity index (χ2n) is 10.2. The number of nitrogens with one attached hydrogen (secondary N) is 1. The number of carbonyl (C=O) groups is 2. The molecule has 4 aromatic carbocycles. The van der Waals surface area contributed by atoms with Gasteiger partial charge in [0.15, 0.2) is 5.78 Å². The van der Waals surface area contributed by atoms with Gasteiger partial charge in [0.25, 0.3) is 5.91 Å². The van der Waals surface area contributed by atoms with Crippen molar-refractivity contribution >= 4 is 29.1 Å². The molecular weight excluding hydrogens is 515 g/mol. The van der Waals surface area contributed by atoms with Crippen molar-refractivity contribution in [2.24, 2.45) is 0 Å². The molecule has 4 aromatic rings. The summed E-state index contributed by atoms with van der Waals surface area (Å²) in [5.74, 6) is 0.00148. The van der Waals surface area contributed by atoms with E-state index in [2.05, 4.69) is 5.32 Å². The predicted octanol–water partition coefficient (Wildman–Crippen LogP) is 7.45. The third-order valence-electron chi connectivity index (χ3n) is 7.72. The quantitative estimate of drug-likeness (QED) is 0.265. The minimum atomic E-state index is -0.737. The number of anilines is 2. The first-order valence-corrected chi connectivity index (χ1v) is 13.6. The van der Waals surface area contributed by atoms with E-state index in [4.69, 9.17) is 4.74 Å². The lowest BCUT2D eigenvalue weighted by Crippen LogP contribution is -2.37. The normalized spacial score (nSPS) is 18.4. The van der Waals surface area contributed by atoms with E-state index in [1.54, 1.807) is 30.2 Å². The molecule has 0 unspecified atom stereocenters. The van der Waals surface area contributed by atoms with Crippen LogP contribution in [0.2, 0.25) is 0 Å². The minimum Gasteiger partial charge on any atom is -0.497 e. The molecule has 0 aromatic heterocycles. The number of carbonyl (C=O) groups excluding carboxylic acids is 2. The van der Waals surface area contributed by atoms with E-state index >= 15 is 0 Å². The molecule has 1 aliphatic carbocycles. The van der Waals surface area contributed by atoms with Gasteiger partial charge in [0.1, 0.15) is 11.6 Å². The maximum atomic E-state index is 14.1. The second kappa shape index (κ2) is 11.3. The molecule has 41 heavy (non-hydrogen) atoms. The summed E-state index contributed by atoms with van der Waals surface area (Å²) in [6, 6.07) is 30.2. The van der Waals surface area contributed by atoms with E-state index in [1.165, 1.54) is 18.2 Å². The molecule has 1 amide bonds. The van der Waals surface area contributed by atoms with Gasteiger partial charge in [-0.3, -0.25) is 14.5 Å². The Kier molecular flexibility index (Phi) is 7.21. The van der Waals surface area contributed by atoms with Crippen LogP contribution in [0.25, 0.3) is 6.08 Å². The molecule has 6 heteroatoms. The van der Waals surface area contributed by atoms with Gasteiger partial charge in [-0.15, -0.1) is 0 Å². The standard InChI is InChI=1S/C35H29FN2O3/c1-41-28-18-14-24(15-19-28)26-21-30-34(32(39)22-26)35(25-12-16-27(36)17-13-25)38(31-10-6-5-9-29(31)37-30)33(40)20-11-23-7-3-2-4-8-23/h2-20,26,35,37H,21-22H2,1H3/b20-11+/t26-,35-/m0/s1. The zero-order valence-electron chi connectivity index (χ0n) is 22.6. The van der Waals surface area contributed by atoms with Crippen LogP contribution in [0.4, 0.5) is 15.8 Å². The number of Topliss-reactive ketones (excluding diaryl/α,β-unsaturated/α-hetero) is 1. The van der Waals surface area contributed by atoms with Crippen LogP contribution < -0.4 is 15.0 Å². The van der Waals surface area contributed by atoms with E-state index in [-0.39, 0.29) is 23.4 Å². The number of hydrogen-bond donors (Lipinski definition) is 1. The summed E-state index contributed by atoms with van der Waals surface area (Å²) in [5, 5.41) is 3.53. The summed E-state index contributed by atoms with van der Waals surface area (Å²) >= 11 is 0. The highest BCUT2D eigenvalue weighted by molar-refractivity contribution is 6.10. The Hall–Kier alpha value is -4.97. The summed E-state index contributed by atoms with van der Waals surface area (Å²) in [7, 11) is 1.63. The van der Waals surface area contributed by atoms with Gasteiger partial charge in [-0.1, -0.05) is 66.7 Å². The number of nitrogens with zero attached hydrogens (tertiary/aromatic N) is 1. The number of ether oxygens (including phenoxy) is 1. The lowest BCUT2D eigenvalue weighted by Gasteiger charge is -2.34. The number of rotatable bonds is 5. The third-order valence-corrected chi connectivity index (χ3v) is 7.72. The van der Waals surface area contributed by atoms with Gasteiger partial charge < -0.3 is 10.1 Å². The molecule has 0 fully saturated rings. The van der Waals surface area contributed by atoms with Crippen molar-refractivity contribution < 1.29 is 18.7 Å². The van der Waals surface area contributed by atoms with Crippen molar-refractivity contribution in [1.82, 2.24) is 0 Å². The van der Waals surface area contributed by atoms with Crippen molar-refractivity contribution in [3.05, 3.63) is 143 Å². The van der Waals surface area contributed by atoms with Crippen LogP contribution >= 0.6 is 0 Å². The second-order valence-corrected chi connectivity index (χ2v) is 10.2. The fourth-order valence-electron chi connectivity index (χ4n) is 5.72. The van der Waals surface area contributed by atoms with Crippen molar-refractivity contribution in [1.29, 1.82) is 0 Å². The van der Waals surface area contributed by atoms with E-state index in [0.29, 0.717) is 29.7 Å². The Bertz CT molecular complexity index is 1640. The number of amides is 1. The predicted molar refractivity (Wildman–Crippen MR) is 159 cm³/mol. The Morgan fingerprint density at radius 2 is 1.56 bits per heavy atom. The molecule has 2 atom stereocenters. The number of benzene rings is 4. The summed E-state index contributed by atoms with van der Waals surface area (Å²) in [4.78, 5) is 29.8. The van der Waals surface area contributed by atoms with Gasteiger partial charge in [-0.25, -0.2) is 4.39 Å². The maximum Gasteiger partial charge on any atom is 0.251 e.